The fourth-order valence-corrected chi connectivity index (χ4v) is 1.86. The van der Waals surface area contributed by atoms with Crippen molar-refractivity contribution in [3.8, 4) is 0 Å². The molecule has 0 saturated heterocycles. The van der Waals surface area contributed by atoms with Gasteiger partial charge in [0.2, 0.25) is 5.91 Å². The predicted molar refractivity (Wildman–Crippen MR) is 78.4 cm³/mol. The van der Waals surface area contributed by atoms with Crippen molar-refractivity contribution < 1.29 is 4.79 Å². The minimum Gasteiger partial charge on any atom is -0.393 e. The molecule has 0 bridgehead atoms. The van der Waals surface area contributed by atoms with Gasteiger partial charge in [0.05, 0.1) is 11.4 Å². The molecule has 1 aromatic rings. The molecule has 1 amide bonds. The monoisotopic (exact) mass is 264 g/mol. The molecule has 18 heavy (non-hydrogen) atoms. The zero-order valence-corrected chi connectivity index (χ0v) is 11.7. The van der Waals surface area contributed by atoms with E-state index in [0.717, 1.165) is 5.56 Å². The molecule has 0 aliphatic heterocycles. The lowest BCUT2D eigenvalue weighted by Gasteiger charge is -2.26. The number of nitrogens with two attached hydrogens (primary N) is 1. The summed E-state index contributed by atoms with van der Waals surface area (Å²) in [6, 6.07) is 9.92. The van der Waals surface area contributed by atoms with Crippen molar-refractivity contribution in [2.45, 2.75) is 32.7 Å². The number of benzene rings is 1. The number of thiocarbonyl (C=S) groups is 1. The minimum atomic E-state index is 0.118. The Balaban J connectivity index is 2.62. The molecule has 0 spiro atoms. The summed E-state index contributed by atoms with van der Waals surface area (Å²) >= 11 is 4.86. The number of amides is 1. The van der Waals surface area contributed by atoms with Gasteiger partial charge in [0.25, 0.3) is 0 Å². The van der Waals surface area contributed by atoms with Gasteiger partial charge < -0.3 is 10.6 Å². The second-order valence-electron chi connectivity index (χ2n) is 4.56. The van der Waals surface area contributed by atoms with E-state index >= 15 is 0 Å². The number of nitrogens with zero attached hydrogens (tertiary/aromatic N) is 1. The molecular formula is C14H20N2OS. The summed E-state index contributed by atoms with van der Waals surface area (Å²) in [5, 5.41) is 0. The van der Waals surface area contributed by atoms with Crippen LogP contribution in [0, 0.1) is 0 Å². The standard InChI is InChI=1S/C14H20N2OS/c1-11(2)16(9-8-13(15)18)14(17)10-12-6-4-3-5-7-12/h3-7,11H,8-10H2,1-2H3,(H2,15,18). The van der Waals surface area contributed by atoms with Crippen molar-refractivity contribution in [3.05, 3.63) is 35.9 Å². The van der Waals surface area contributed by atoms with Gasteiger partial charge in [0, 0.05) is 19.0 Å². The lowest BCUT2D eigenvalue weighted by molar-refractivity contribution is -0.132. The molecule has 0 aliphatic carbocycles. The lowest BCUT2D eigenvalue weighted by Crippen LogP contribution is -2.39. The molecule has 0 aromatic heterocycles. The highest BCUT2D eigenvalue weighted by atomic mass is 32.1. The Hall–Kier alpha value is -1.42. The average molecular weight is 264 g/mol. The van der Waals surface area contributed by atoms with Gasteiger partial charge in [0.15, 0.2) is 0 Å². The average Bonchev–Trinajstić information content (AvgIpc) is 2.29. The van der Waals surface area contributed by atoms with E-state index in [1.165, 1.54) is 0 Å². The molecule has 98 valence electrons. The molecule has 0 saturated carbocycles. The Morgan fingerprint density at radius 1 is 1.33 bits per heavy atom. The summed E-state index contributed by atoms with van der Waals surface area (Å²) in [7, 11) is 0. The highest BCUT2D eigenvalue weighted by molar-refractivity contribution is 7.80. The molecule has 3 nitrogen and oxygen atoms in total. The van der Waals surface area contributed by atoms with Crippen molar-refractivity contribution in [3.63, 3.8) is 0 Å². The maximum absolute atomic E-state index is 12.2. The second-order valence-corrected chi connectivity index (χ2v) is 5.08. The molecule has 1 rings (SSSR count). The van der Waals surface area contributed by atoms with Crippen molar-refractivity contribution in [2.24, 2.45) is 5.73 Å². The van der Waals surface area contributed by atoms with E-state index in [4.69, 9.17) is 18.0 Å². The predicted octanol–water partition coefficient (Wildman–Crippen LogP) is 2.14. The first-order valence-electron chi connectivity index (χ1n) is 6.12. The maximum Gasteiger partial charge on any atom is 0.227 e. The van der Waals surface area contributed by atoms with E-state index in [-0.39, 0.29) is 11.9 Å². The zero-order valence-electron chi connectivity index (χ0n) is 10.9. The number of carbonyl (C=O) groups excluding carboxylic acids is 1. The normalized spacial score (nSPS) is 10.4. The third-order valence-electron chi connectivity index (χ3n) is 2.74. The van der Waals surface area contributed by atoms with Crippen LogP contribution in [0.1, 0.15) is 25.8 Å². The number of hydrogen-bond donors (Lipinski definition) is 1. The van der Waals surface area contributed by atoms with Crippen LogP contribution in [0.3, 0.4) is 0 Å². The van der Waals surface area contributed by atoms with Gasteiger partial charge in [-0.3, -0.25) is 4.79 Å². The molecular weight excluding hydrogens is 244 g/mol. The van der Waals surface area contributed by atoms with Crippen LogP contribution >= 0.6 is 12.2 Å². The van der Waals surface area contributed by atoms with Crippen LogP contribution in [0.5, 0.6) is 0 Å². The Bertz CT molecular complexity index is 404. The molecule has 0 atom stereocenters. The van der Waals surface area contributed by atoms with E-state index in [9.17, 15) is 4.79 Å². The zero-order chi connectivity index (χ0) is 13.5. The summed E-state index contributed by atoms with van der Waals surface area (Å²) in [4.78, 5) is 14.5. The minimum absolute atomic E-state index is 0.118. The summed E-state index contributed by atoms with van der Waals surface area (Å²) < 4.78 is 0. The van der Waals surface area contributed by atoms with Crippen molar-refractivity contribution in [1.29, 1.82) is 0 Å². The number of carbonyl (C=O) groups is 1. The largest absolute Gasteiger partial charge is 0.393 e. The summed E-state index contributed by atoms with van der Waals surface area (Å²) in [5.74, 6) is 0.118. The lowest BCUT2D eigenvalue weighted by atomic mass is 10.1. The number of hydrogen-bond acceptors (Lipinski definition) is 2. The maximum atomic E-state index is 12.2. The van der Waals surface area contributed by atoms with Gasteiger partial charge in [-0.15, -0.1) is 0 Å². The second kappa shape index (κ2) is 7.11. The molecule has 0 radical (unpaired) electrons. The number of rotatable bonds is 6. The van der Waals surface area contributed by atoms with Crippen LogP contribution in [0.4, 0.5) is 0 Å². The molecule has 0 aliphatic rings. The SMILES string of the molecule is CC(C)N(CCC(N)=S)C(=O)Cc1ccccc1. The third kappa shape index (κ3) is 4.84. The molecule has 4 heteroatoms. The quantitative estimate of drug-likeness (QED) is 0.801. The highest BCUT2D eigenvalue weighted by Gasteiger charge is 2.16. The van der Waals surface area contributed by atoms with Gasteiger partial charge in [-0.2, -0.15) is 0 Å². The summed E-state index contributed by atoms with van der Waals surface area (Å²) in [6.07, 6.45) is 1.00. The molecule has 2 N–H and O–H groups in total. The smallest absolute Gasteiger partial charge is 0.227 e. The van der Waals surface area contributed by atoms with Crippen molar-refractivity contribution in [2.75, 3.05) is 6.54 Å². The van der Waals surface area contributed by atoms with Crippen LogP contribution in [-0.2, 0) is 11.2 Å². The van der Waals surface area contributed by atoms with E-state index < -0.39 is 0 Å². The summed E-state index contributed by atoms with van der Waals surface area (Å²) in [6.45, 7) is 4.60. The highest BCUT2D eigenvalue weighted by Crippen LogP contribution is 2.07. The van der Waals surface area contributed by atoms with Crippen LogP contribution in [-0.4, -0.2) is 28.4 Å². The topological polar surface area (TPSA) is 46.3 Å². The fourth-order valence-electron chi connectivity index (χ4n) is 1.77. The Morgan fingerprint density at radius 3 is 2.44 bits per heavy atom. The van der Waals surface area contributed by atoms with E-state index in [2.05, 4.69) is 0 Å². The first-order chi connectivity index (χ1) is 8.50. The first-order valence-corrected chi connectivity index (χ1v) is 6.53. The van der Waals surface area contributed by atoms with Gasteiger partial charge >= 0.3 is 0 Å². The van der Waals surface area contributed by atoms with Crippen LogP contribution in [0.15, 0.2) is 30.3 Å². The van der Waals surface area contributed by atoms with Crippen molar-refractivity contribution in [1.82, 2.24) is 4.90 Å². The van der Waals surface area contributed by atoms with Crippen molar-refractivity contribution >= 4 is 23.1 Å². The molecule has 0 unspecified atom stereocenters. The van der Waals surface area contributed by atoms with E-state index in [1.807, 2.05) is 49.1 Å². The molecule has 0 heterocycles. The van der Waals surface area contributed by atoms with Gasteiger partial charge in [-0.05, 0) is 19.4 Å². The van der Waals surface area contributed by atoms with Crippen LogP contribution in [0.2, 0.25) is 0 Å². The Kier molecular flexibility index (Phi) is 5.78. The Labute approximate surface area is 114 Å². The van der Waals surface area contributed by atoms with Gasteiger partial charge in [-0.1, -0.05) is 42.5 Å². The van der Waals surface area contributed by atoms with E-state index in [0.29, 0.717) is 24.4 Å². The third-order valence-corrected chi connectivity index (χ3v) is 2.95. The molecule has 0 fully saturated rings. The van der Waals surface area contributed by atoms with E-state index in [1.54, 1.807) is 0 Å². The van der Waals surface area contributed by atoms with Crippen LogP contribution in [0.25, 0.3) is 0 Å². The van der Waals surface area contributed by atoms with Crippen LogP contribution < -0.4 is 5.73 Å². The van der Waals surface area contributed by atoms with Gasteiger partial charge in [-0.25, -0.2) is 0 Å². The van der Waals surface area contributed by atoms with Gasteiger partial charge in [0.1, 0.15) is 0 Å². The summed E-state index contributed by atoms with van der Waals surface area (Å²) in [5.41, 5.74) is 6.52. The Morgan fingerprint density at radius 2 is 1.94 bits per heavy atom. The first kappa shape index (κ1) is 14.6. The molecule has 1 aromatic carbocycles. The fraction of sp³-hybridized carbons (Fsp3) is 0.429.